The quantitative estimate of drug-likeness (QED) is 0.578. The number of benzene rings is 1. The summed E-state index contributed by atoms with van der Waals surface area (Å²) >= 11 is 0. The fourth-order valence-electron chi connectivity index (χ4n) is 3.81. The van der Waals surface area contributed by atoms with Crippen LogP contribution in [0.15, 0.2) is 18.2 Å². The van der Waals surface area contributed by atoms with Crippen LogP contribution in [0.2, 0.25) is 0 Å². The second-order valence-electron chi connectivity index (χ2n) is 7.64. The average Bonchev–Trinajstić information content (AvgIpc) is 2.96. The highest BCUT2D eigenvalue weighted by atomic mass is 19.4. The van der Waals surface area contributed by atoms with Gasteiger partial charge in [-0.15, -0.1) is 0 Å². The van der Waals surface area contributed by atoms with Crippen molar-refractivity contribution >= 4 is 17.7 Å². The molecule has 2 heterocycles. The first kappa shape index (κ1) is 22.3. The molecule has 2 aliphatic heterocycles. The van der Waals surface area contributed by atoms with Crippen LogP contribution in [0.3, 0.4) is 0 Å². The number of ketones is 1. The van der Waals surface area contributed by atoms with Crippen LogP contribution < -0.4 is 5.32 Å². The van der Waals surface area contributed by atoms with E-state index in [0.717, 1.165) is 31.5 Å². The number of hydrogen-bond donors (Lipinski definition) is 1. The molecule has 0 aliphatic carbocycles. The Hall–Kier alpha value is -2.42. The lowest BCUT2D eigenvalue weighted by molar-refractivity contribution is -0.206. The molecular weight excluding hydrogens is 401 g/mol. The molecule has 0 saturated carbocycles. The lowest BCUT2D eigenvalue weighted by Crippen LogP contribution is -2.42. The van der Waals surface area contributed by atoms with E-state index in [2.05, 4.69) is 10.1 Å². The number of rotatable bonds is 5. The van der Waals surface area contributed by atoms with Gasteiger partial charge >= 0.3 is 12.1 Å². The molecule has 164 valence electrons. The SMILES string of the molecule is O=C(CCC(=O)N1CCC(OC(=O)C(F)(F)F)CC1)c1ccc2c(c1)CCNCC2. The number of nitrogens with zero attached hydrogens (tertiary/aromatic N) is 1. The first-order chi connectivity index (χ1) is 14.2. The summed E-state index contributed by atoms with van der Waals surface area (Å²) in [4.78, 5) is 37.3. The molecule has 1 aromatic carbocycles. The zero-order valence-corrected chi connectivity index (χ0v) is 16.6. The van der Waals surface area contributed by atoms with Crippen LogP contribution in [0.25, 0.3) is 0 Å². The molecule has 3 rings (SSSR count). The largest absolute Gasteiger partial charge is 0.490 e. The van der Waals surface area contributed by atoms with Gasteiger partial charge in [-0.05, 0) is 43.1 Å². The first-order valence-electron chi connectivity index (χ1n) is 10.2. The van der Waals surface area contributed by atoms with E-state index < -0.39 is 18.2 Å². The van der Waals surface area contributed by atoms with E-state index in [0.29, 0.717) is 5.56 Å². The molecule has 1 N–H and O–H groups in total. The third kappa shape index (κ3) is 5.81. The molecule has 9 heteroatoms. The number of esters is 1. The molecule has 6 nitrogen and oxygen atoms in total. The van der Waals surface area contributed by atoms with Gasteiger partial charge in [-0.3, -0.25) is 9.59 Å². The number of amides is 1. The van der Waals surface area contributed by atoms with Crippen LogP contribution in [0.1, 0.15) is 47.2 Å². The predicted octanol–water partition coefficient (Wildman–Crippen LogP) is 2.43. The van der Waals surface area contributed by atoms with E-state index in [1.807, 2.05) is 12.1 Å². The lowest BCUT2D eigenvalue weighted by atomic mass is 9.97. The number of piperidine rings is 1. The Morgan fingerprint density at radius 1 is 1.03 bits per heavy atom. The smallest absolute Gasteiger partial charge is 0.456 e. The molecule has 1 saturated heterocycles. The van der Waals surface area contributed by atoms with E-state index in [1.165, 1.54) is 10.5 Å². The van der Waals surface area contributed by atoms with Crippen molar-refractivity contribution in [2.45, 2.75) is 50.8 Å². The van der Waals surface area contributed by atoms with Crippen LogP contribution in [-0.4, -0.2) is 61.0 Å². The van der Waals surface area contributed by atoms with Crippen molar-refractivity contribution in [1.82, 2.24) is 10.2 Å². The molecule has 30 heavy (non-hydrogen) atoms. The zero-order chi connectivity index (χ0) is 21.7. The number of alkyl halides is 3. The Morgan fingerprint density at radius 3 is 2.37 bits per heavy atom. The monoisotopic (exact) mass is 426 g/mol. The van der Waals surface area contributed by atoms with Crippen molar-refractivity contribution in [2.75, 3.05) is 26.2 Å². The van der Waals surface area contributed by atoms with Crippen LogP contribution in [-0.2, 0) is 27.2 Å². The van der Waals surface area contributed by atoms with Crippen molar-refractivity contribution in [3.05, 3.63) is 34.9 Å². The fourth-order valence-corrected chi connectivity index (χ4v) is 3.81. The second-order valence-corrected chi connectivity index (χ2v) is 7.64. The van der Waals surface area contributed by atoms with E-state index >= 15 is 0 Å². The van der Waals surface area contributed by atoms with Crippen molar-refractivity contribution in [1.29, 1.82) is 0 Å². The highest BCUT2D eigenvalue weighted by Crippen LogP contribution is 2.22. The van der Waals surface area contributed by atoms with Gasteiger partial charge in [-0.25, -0.2) is 4.79 Å². The molecule has 0 unspecified atom stereocenters. The third-order valence-corrected chi connectivity index (χ3v) is 5.54. The van der Waals surface area contributed by atoms with Crippen LogP contribution in [0.4, 0.5) is 13.2 Å². The van der Waals surface area contributed by atoms with Crippen molar-refractivity contribution in [3.63, 3.8) is 0 Å². The minimum atomic E-state index is -5.01. The van der Waals surface area contributed by atoms with Gasteiger partial charge in [0.1, 0.15) is 6.10 Å². The van der Waals surface area contributed by atoms with E-state index in [-0.39, 0.29) is 50.5 Å². The Morgan fingerprint density at radius 2 is 1.70 bits per heavy atom. The summed E-state index contributed by atoms with van der Waals surface area (Å²) in [6.45, 7) is 2.20. The first-order valence-corrected chi connectivity index (χ1v) is 10.2. The van der Waals surface area contributed by atoms with Gasteiger partial charge in [-0.2, -0.15) is 13.2 Å². The molecular formula is C21H25F3N2O4. The van der Waals surface area contributed by atoms with Gasteiger partial charge in [0.05, 0.1) is 0 Å². The van der Waals surface area contributed by atoms with Crippen molar-refractivity contribution in [3.8, 4) is 0 Å². The maximum atomic E-state index is 12.5. The highest BCUT2D eigenvalue weighted by molar-refractivity contribution is 5.98. The normalized spacial score (nSPS) is 17.8. The summed E-state index contributed by atoms with van der Waals surface area (Å²) in [5.74, 6) is -2.52. The number of likely N-dealkylation sites (tertiary alicyclic amines) is 1. The van der Waals surface area contributed by atoms with E-state index in [1.54, 1.807) is 6.07 Å². The van der Waals surface area contributed by atoms with Gasteiger partial charge in [0, 0.05) is 44.3 Å². The standard InChI is InChI=1S/C21H25F3N2O4/c22-21(23,24)20(29)30-17-7-11-26(12-8-17)19(28)4-3-18(27)16-2-1-14-5-9-25-10-6-15(14)13-16/h1-2,13,17,25H,3-12H2. The Labute approximate surface area is 172 Å². The van der Waals surface area contributed by atoms with Crippen LogP contribution in [0.5, 0.6) is 0 Å². The summed E-state index contributed by atoms with van der Waals surface area (Å²) in [6, 6.07) is 5.69. The lowest BCUT2D eigenvalue weighted by Gasteiger charge is -2.31. The molecule has 0 spiro atoms. The van der Waals surface area contributed by atoms with Crippen LogP contribution in [0, 0.1) is 0 Å². The molecule has 1 aromatic rings. The number of nitrogens with one attached hydrogen (secondary N) is 1. The average molecular weight is 426 g/mol. The molecule has 0 radical (unpaired) electrons. The summed E-state index contributed by atoms with van der Waals surface area (Å²) in [5, 5.41) is 3.32. The molecule has 1 amide bonds. The summed E-state index contributed by atoms with van der Waals surface area (Å²) in [7, 11) is 0. The number of fused-ring (bicyclic) bond motifs is 1. The fraction of sp³-hybridized carbons (Fsp3) is 0.571. The summed E-state index contributed by atoms with van der Waals surface area (Å²) in [6.07, 6.45) is -3.64. The van der Waals surface area contributed by atoms with Gasteiger partial charge < -0.3 is 15.0 Å². The number of halogens is 3. The van der Waals surface area contributed by atoms with E-state index in [4.69, 9.17) is 0 Å². The van der Waals surface area contributed by atoms with Crippen molar-refractivity contribution in [2.24, 2.45) is 0 Å². The number of Topliss-reactive ketones (excluding diaryl/α,β-unsaturated/α-hetero) is 1. The molecule has 1 fully saturated rings. The third-order valence-electron chi connectivity index (χ3n) is 5.54. The van der Waals surface area contributed by atoms with Gasteiger partial charge in [0.15, 0.2) is 5.78 Å². The zero-order valence-electron chi connectivity index (χ0n) is 16.6. The van der Waals surface area contributed by atoms with E-state index in [9.17, 15) is 27.6 Å². The van der Waals surface area contributed by atoms with Gasteiger partial charge in [-0.1, -0.05) is 12.1 Å². The minimum Gasteiger partial charge on any atom is -0.456 e. The van der Waals surface area contributed by atoms with Gasteiger partial charge in [0.2, 0.25) is 5.91 Å². The van der Waals surface area contributed by atoms with Gasteiger partial charge in [0.25, 0.3) is 0 Å². The number of carbonyl (C=O) groups is 3. The Kier molecular flexibility index (Phi) is 7.12. The van der Waals surface area contributed by atoms with Crippen molar-refractivity contribution < 1.29 is 32.3 Å². The molecule has 0 atom stereocenters. The second kappa shape index (κ2) is 9.59. The summed E-state index contributed by atoms with van der Waals surface area (Å²) < 4.78 is 41.2. The number of carbonyl (C=O) groups excluding carboxylic acids is 3. The Balaban J connectivity index is 1.45. The Bertz CT molecular complexity index is 802. The molecule has 0 bridgehead atoms. The summed E-state index contributed by atoms with van der Waals surface area (Å²) in [5.41, 5.74) is 3.00. The maximum absolute atomic E-state index is 12.5. The maximum Gasteiger partial charge on any atom is 0.490 e. The minimum absolute atomic E-state index is 0.0461. The predicted molar refractivity (Wildman–Crippen MR) is 102 cm³/mol. The topological polar surface area (TPSA) is 75.7 Å². The highest BCUT2D eigenvalue weighted by Gasteiger charge is 2.42. The molecule has 2 aliphatic rings. The van der Waals surface area contributed by atoms with Crippen LogP contribution >= 0.6 is 0 Å². The number of ether oxygens (including phenoxy) is 1. The number of hydrogen-bond acceptors (Lipinski definition) is 5. The molecule has 0 aromatic heterocycles.